The standard InChI is InChI=1S/C30H32F6O4/c1-7-27(8-2,24-12-9-22(20(3)17-24)11-14-26(37)39-6)25-13-10-23(21(4)18-25)15-16-28(29(31,32)33,30(34,35)36)40-19-38-5/h9-14,17-18H,7-8,19H2,1-6H3. The topological polar surface area (TPSA) is 44.8 Å². The van der Waals surface area contributed by atoms with Crippen LogP contribution in [0.1, 0.15) is 60.1 Å². The molecule has 0 aliphatic rings. The van der Waals surface area contributed by atoms with Crippen LogP contribution in [0.5, 0.6) is 0 Å². The summed E-state index contributed by atoms with van der Waals surface area (Å²) in [6.45, 7) is 6.23. The molecule has 0 N–H and O–H groups in total. The van der Waals surface area contributed by atoms with Crippen LogP contribution in [0, 0.1) is 25.7 Å². The van der Waals surface area contributed by atoms with E-state index >= 15 is 0 Å². The Morgan fingerprint density at radius 2 is 1.43 bits per heavy atom. The maximum Gasteiger partial charge on any atom is 0.438 e. The largest absolute Gasteiger partial charge is 0.466 e. The van der Waals surface area contributed by atoms with Crippen molar-refractivity contribution in [3.05, 3.63) is 75.9 Å². The number of carbonyl (C=O) groups excluding carboxylic acids is 1. The van der Waals surface area contributed by atoms with Gasteiger partial charge in [-0.2, -0.15) is 26.3 Å². The number of ether oxygens (including phenoxy) is 3. The van der Waals surface area contributed by atoms with Crippen LogP contribution < -0.4 is 0 Å². The van der Waals surface area contributed by atoms with Crippen LogP contribution in [-0.2, 0) is 24.4 Å². The molecule has 0 atom stereocenters. The number of alkyl halides is 6. The maximum atomic E-state index is 13.6. The average Bonchev–Trinajstić information content (AvgIpc) is 2.88. The van der Waals surface area contributed by atoms with Gasteiger partial charge in [-0.15, -0.1) is 0 Å². The fraction of sp³-hybridized carbons (Fsp3) is 0.433. The summed E-state index contributed by atoms with van der Waals surface area (Å²) >= 11 is 0. The van der Waals surface area contributed by atoms with Crippen LogP contribution in [0.4, 0.5) is 26.3 Å². The fourth-order valence-corrected chi connectivity index (χ4v) is 4.53. The smallest absolute Gasteiger partial charge is 0.438 e. The summed E-state index contributed by atoms with van der Waals surface area (Å²) in [5.41, 5.74) is -1.23. The normalized spacial score (nSPS) is 12.8. The fourth-order valence-electron chi connectivity index (χ4n) is 4.53. The molecule has 0 aromatic heterocycles. The van der Waals surface area contributed by atoms with Gasteiger partial charge >= 0.3 is 23.9 Å². The van der Waals surface area contributed by atoms with E-state index in [-0.39, 0.29) is 5.56 Å². The molecule has 0 amide bonds. The molecule has 0 bridgehead atoms. The number of esters is 1. The third-order valence-electron chi connectivity index (χ3n) is 6.97. The first kappa shape index (κ1) is 32.9. The zero-order valence-electron chi connectivity index (χ0n) is 23.1. The lowest BCUT2D eigenvalue weighted by Gasteiger charge is -2.34. The Balaban J connectivity index is 2.59. The zero-order valence-corrected chi connectivity index (χ0v) is 23.1. The molecule has 2 aromatic carbocycles. The van der Waals surface area contributed by atoms with E-state index in [1.165, 1.54) is 25.2 Å². The lowest BCUT2D eigenvalue weighted by molar-refractivity contribution is -0.368. The van der Waals surface area contributed by atoms with Crippen LogP contribution in [-0.4, -0.2) is 44.9 Å². The van der Waals surface area contributed by atoms with E-state index in [0.29, 0.717) is 18.4 Å². The van der Waals surface area contributed by atoms with Crippen LogP contribution in [0.3, 0.4) is 0 Å². The molecule has 0 aliphatic carbocycles. The number of halogens is 6. The maximum absolute atomic E-state index is 13.6. The SMILES string of the molecule is CCC(CC)(c1ccc(C#CC(OCOC)(C(F)(F)F)C(F)(F)F)c(C)c1)c1ccc(C=CC(=O)OC)c(C)c1. The Labute approximate surface area is 230 Å². The molecule has 0 radical (unpaired) electrons. The highest BCUT2D eigenvalue weighted by atomic mass is 19.4. The molecule has 40 heavy (non-hydrogen) atoms. The van der Waals surface area contributed by atoms with Crippen molar-refractivity contribution in [2.45, 2.75) is 63.9 Å². The Kier molecular flexibility index (Phi) is 10.6. The number of rotatable bonds is 9. The van der Waals surface area contributed by atoms with Gasteiger partial charge in [-0.3, -0.25) is 0 Å². The molecule has 2 aromatic rings. The van der Waals surface area contributed by atoms with Crippen molar-refractivity contribution in [3.63, 3.8) is 0 Å². The molecule has 0 unspecified atom stereocenters. The van der Waals surface area contributed by atoms with Crippen LogP contribution in [0.25, 0.3) is 6.08 Å². The second kappa shape index (κ2) is 12.9. The van der Waals surface area contributed by atoms with Gasteiger partial charge in [-0.05, 0) is 72.6 Å². The third kappa shape index (κ3) is 6.70. The lowest BCUT2D eigenvalue weighted by atomic mass is 9.69. The van der Waals surface area contributed by atoms with Crippen molar-refractivity contribution in [3.8, 4) is 11.8 Å². The highest BCUT2D eigenvalue weighted by Gasteiger charge is 2.72. The second-order valence-corrected chi connectivity index (χ2v) is 9.22. The van der Waals surface area contributed by atoms with Crippen molar-refractivity contribution in [2.24, 2.45) is 0 Å². The minimum absolute atomic E-state index is 0.00299. The van der Waals surface area contributed by atoms with E-state index in [1.54, 1.807) is 25.1 Å². The quantitative estimate of drug-likeness (QED) is 0.103. The van der Waals surface area contributed by atoms with E-state index in [2.05, 4.69) is 20.1 Å². The molecule has 0 spiro atoms. The van der Waals surface area contributed by atoms with E-state index < -0.39 is 36.1 Å². The summed E-state index contributed by atoms with van der Waals surface area (Å²) in [6, 6.07) is 10.6. The Bertz CT molecular complexity index is 1260. The van der Waals surface area contributed by atoms with Crippen LogP contribution in [0.15, 0.2) is 42.5 Å². The number of carbonyl (C=O) groups is 1. The lowest BCUT2D eigenvalue weighted by Crippen LogP contribution is -2.58. The van der Waals surface area contributed by atoms with Gasteiger partial charge in [-0.1, -0.05) is 50.1 Å². The van der Waals surface area contributed by atoms with Gasteiger partial charge in [-0.25, -0.2) is 4.79 Å². The predicted molar refractivity (Wildman–Crippen MR) is 139 cm³/mol. The minimum Gasteiger partial charge on any atom is -0.466 e. The first-order chi connectivity index (χ1) is 18.6. The highest BCUT2D eigenvalue weighted by molar-refractivity contribution is 5.87. The Hall–Kier alpha value is -3.29. The number of methoxy groups -OCH3 is 2. The molecular formula is C30H32F6O4. The molecule has 0 saturated heterocycles. The summed E-state index contributed by atoms with van der Waals surface area (Å²) in [7, 11) is 2.20. The van der Waals surface area contributed by atoms with Crippen molar-refractivity contribution >= 4 is 12.0 Å². The molecule has 0 heterocycles. The number of hydrogen-bond donors (Lipinski definition) is 0. The van der Waals surface area contributed by atoms with Crippen molar-refractivity contribution in [2.75, 3.05) is 21.0 Å². The van der Waals surface area contributed by atoms with Gasteiger partial charge in [0.2, 0.25) is 0 Å². The number of benzene rings is 2. The van der Waals surface area contributed by atoms with Gasteiger partial charge in [0.25, 0.3) is 0 Å². The van der Waals surface area contributed by atoms with Crippen LogP contribution >= 0.6 is 0 Å². The molecule has 0 saturated carbocycles. The van der Waals surface area contributed by atoms with E-state index in [1.807, 2.05) is 39.0 Å². The van der Waals surface area contributed by atoms with Gasteiger partial charge < -0.3 is 14.2 Å². The molecule has 4 nitrogen and oxygen atoms in total. The summed E-state index contributed by atoms with van der Waals surface area (Å²) in [5, 5.41) is 0. The Morgan fingerprint density at radius 1 is 0.875 bits per heavy atom. The summed E-state index contributed by atoms with van der Waals surface area (Å²) < 4.78 is 94.9. The van der Waals surface area contributed by atoms with E-state index in [9.17, 15) is 31.1 Å². The van der Waals surface area contributed by atoms with Crippen LogP contribution in [0.2, 0.25) is 0 Å². The first-order valence-corrected chi connectivity index (χ1v) is 12.4. The van der Waals surface area contributed by atoms with Gasteiger partial charge in [0.15, 0.2) is 0 Å². The predicted octanol–water partition coefficient (Wildman–Crippen LogP) is 7.43. The second-order valence-electron chi connectivity index (χ2n) is 9.22. The molecule has 0 fully saturated rings. The molecular weight excluding hydrogens is 538 g/mol. The average molecular weight is 571 g/mol. The highest BCUT2D eigenvalue weighted by Crippen LogP contribution is 2.46. The van der Waals surface area contributed by atoms with Gasteiger partial charge in [0.05, 0.1) is 7.11 Å². The van der Waals surface area contributed by atoms with E-state index in [0.717, 1.165) is 29.4 Å². The summed E-state index contributed by atoms with van der Waals surface area (Å²) in [4.78, 5) is 11.5. The van der Waals surface area contributed by atoms with Crippen molar-refractivity contribution in [1.82, 2.24) is 0 Å². The molecule has 10 heteroatoms. The summed E-state index contributed by atoms with van der Waals surface area (Å²) in [6.07, 6.45) is -7.41. The monoisotopic (exact) mass is 570 g/mol. The summed E-state index contributed by atoms with van der Waals surface area (Å²) in [5.74, 6) is 2.90. The molecule has 0 aliphatic heterocycles. The van der Waals surface area contributed by atoms with Gasteiger partial charge in [0, 0.05) is 24.2 Å². The van der Waals surface area contributed by atoms with E-state index in [4.69, 9.17) is 0 Å². The third-order valence-corrected chi connectivity index (χ3v) is 6.97. The number of aryl methyl sites for hydroxylation is 2. The van der Waals surface area contributed by atoms with Gasteiger partial charge in [0.1, 0.15) is 6.79 Å². The number of hydrogen-bond acceptors (Lipinski definition) is 4. The van der Waals surface area contributed by atoms with Crippen molar-refractivity contribution < 1.29 is 45.3 Å². The molecule has 218 valence electrons. The molecule has 2 rings (SSSR count). The zero-order chi connectivity index (χ0) is 30.4. The minimum atomic E-state index is -5.86. The Morgan fingerprint density at radius 3 is 1.88 bits per heavy atom. The van der Waals surface area contributed by atoms with Crippen molar-refractivity contribution in [1.29, 1.82) is 0 Å². The first-order valence-electron chi connectivity index (χ1n) is 12.4.